The maximum absolute atomic E-state index is 13.5. The number of carboxylic acid groups (broad SMARTS) is 1. The van der Waals surface area contributed by atoms with Crippen LogP contribution in [0.2, 0.25) is 0 Å². The molecular weight excluding hydrogens is 437 g/mol. The molecule has 2 N–H and O–H groups in total. The Morgan fingerprint density at radius 1 is 1.21 bits per heavy atom. The van der Waals surface area contributed by atoms with Crippen LogP contribution in [0.4, 0.5) is 14.0 Å². The second-order valence-corrected chi connectivity index (χ2v) is 9.41. The molecule has 34 heavy (non-hydrogen) atoms. The number of ether oxygens (including phenoxy) is 1. The third-order valence-corrected chi connectivity index (χ3v) is 7.48. The number of halogens is 1. The van der Waals surface area contributed by atoms with E-state index in [0.717, 1.165) is 42.5 Å². The van der Waals surface area contributed by atoms with Gasteiger partial charge < -0.3 is 20.1 Å². The van der Waals surface area contributed by atoms with Crippen molar-refractivity contribution in [2.45, 2.75) is 37.8 Å². The van der Waals surface area contributed by atoms with Gasteiger partial charge in [-0.05, 0) is 67.4 Å². The third kappa shape index (κ3) is 4.62. The SMILES string of the molecule is O=C(O)NC1CC[C@@H]2[C@@H](C1)C[C@H](N1CCOC1=O)[C@H]2C=Cc1ccc(-c2cccc(F)c2)cn1. The van der Waals surface area contributed by atoms with Gasteiger partial charge in [0.1, 0.15) is 12.4 Å². The number of hydrogen-bond acceptors (Lipinski definition) is 4. The minimum Gasteiger partial charge on any atom is -0.465 e. The van der Waals surface area contributed by atoms with Crippen molar-refractivity contribution in [3.05, 3.63) is 60.2 Å². The van der Waals surface area contributed by atoms with Gasteiger partial charge in [0.05, 0.1) is 12.2 Å². The summed E-state index contributed by atoms with van der Waals surface area (Å²) in [5.74, 6) is 0.609. The molecular formula is C26H28FN3O4. The minimum absolute atomic E-state index is 0.0373. The molecule has 1 aliphatic heterocycles. The molecule has 2 heterocycles. The number of benzene rings is 1. The van der Waals surface area contributed by atoms with Crippen LogP contribution in [0.5, 0.6) is 0 Å². The normalized spacial score (nSPS) is 28.7. The maximum atomic E-state index is 13.5. The topological polar surface area (TPSA) is 91.8 Å². The van der Waals surface area contributed by atoms with Crippen molar-refractivity contribution in [1.82, 2.24) is 15.2 Å². The van der Waals surface area contributed by atoms with E-state index in [0.29, 0.717) is 25.0 Å². The number of hydrogen-bond donors (Lipinski definition) is 2. The zero-order valence-corrected chi connectivity index (χ0v) is 18.8. The predicted octanol–water partition coefficient (Wildman–Crippen LogP) is 4.79. The van der Waals surface area contributed by atoms with Gasteiger partial charge in [0, 0.05) is 29.8 Å². The van der Waals surface area contributed by atoms with Crippen molar-refractivity contribution in [2.75, 3.05) is 13.2 Å². The zero-order chi connectivity index (χ0) is 23.7. The Labute approximate surface area is 197 Å². The standard InChI is InChI=1S/C26H28FN3O4/c27-19-3-1-2-16(12-19)17-4-5-20(28-15-17)6-9-23-22-8-7-21(29-25(31)32)13-18(22)14-24(23)30-10-11-34-26(30)33/h1-6,9,12,15,18,21-24,29H,7-8,10-11,13-14H2,(H,31,32)/t18-,21?,22+,23-,24-/m0/s1. The third-order valence-electron chi connectivity index (χ3n) is 7.48. The molecule has 2 amide bonds. The molecule has 1 aromatic heterocycles. The van der Waals surface area contributed by atoms with E-state index in [4.69, 9.17) is 9.84 Å². The molecule has 7 nitrogen and oxygen atoms in total. The van der Waals surface area contributed by atoms with E-state index in [-0.39, 0.29) is 29.9 Å². The second kappa shape index (κ2) is 9.44. The first kappa shape index (κ1) is 22.4. The lowest BCUT2D eigenvalue weighted by Crippen LogP contribution is -2.40. The molecule has 0 bridgehead atoms. The number of nitrogens with zero attached hydrogens (tertiary/aromatic N) is 2. The Morgan fingerprint density at radius 3 is 2.79 bits per heavy atom. The van der Waals surface area contributed by atoms with Crippen molar-refractivity contribution < 1.29 is 23.8 Å². The Balaban J connectivity index is 1.34. The van der Waals surface area contributed by atoms with E-state index in [1.165, 1.54) is 12.1 Å². The first-order chi connectivity index (χ1) is 16.5. The average Bonchev–Trinajstić information content (AvgIpc) is 3.40. The summed E-state index contributed by atoms with van der Waals surface area (Å²) < 4.78 is 18.8. The highest BCUT2D eigenvalue weighted by Gasteiger charge is 2.49. The smallest absolute Gasteiger partial charge is 0.410 e. The number of amides is 2. The summed E-state index contributed by atoms with van der Waals surface area (Å²) in [5.41, 5.74) is 2.42. The Bertz CT molecular complexity index is 1090. The lowest BCUT2D eigenvalue weighted by molar-refractivity contribution is 0.140. The molecule has 3 aliphatic rings. The van der Waals surface area contributed by atoms with Crippen LogP contribution in [0.15, 0.2) is 48.7 Å². The number of pyridine rings is 1. The highest BCUT2D eigenvalue weighted by molar-refractivity contribution is 5.70. The van der Waals surface area contributed by atoms with E-state index in [9.17, 15) is 14.0 Å². The molecule has 2 aromatic rings. The minimum atomic E-state index is -0.981. The monoisotopic (exact) mass is 465 g/mol. The molecule has 2 aliphatic carbocycles. The largest absolute Gasteiger partial charge is 0.465 e. The fourth-order valence-corrected chi connectivity index (χ4v) is 5.99. The summed E-state index contributed by atoms with van der Waals surface area (Å²) in [7, 11) is 0. The van der Waals surface area contributed by atoms with Crippen molar-refractivity contribution in [1.29, 1.82) is 0 Å². The molecule has 1 aromatic carbocycles. The lowest BCUT2D eigenvalue weighted by atomic mass is 9.75. The van der Waals surface area contributed by atoms with Crippen LogP contribution < -0.4 is 5.32 Å². The van der Waals surface area contributed by atoms with E-state index in [1.807, 2.05) is 29.2 Å². The number of fused-ring (bicyclic) bond motifs is 1. The van der Waals surface area contributed by atoms with E-state index in [1.54, 1.807) is 12.3 Å². The van der Waals surface area contributed by atoms with Gasteiger partial charge in [-0.2, -0.15) is 0 Å². The summed E-state index contributed by atoms with van der Waals surface area (Å²) in [4.78, 5) is 29.8. The second-order valence-electron chi connectivity index (χ2n) is 9.41. The van der Waals surface area contributed by atoms with Gasteiger partial charge in [0.25, 0.3) is 0 Å². The van der Waals surface area contributed by atoms with Gasteiger partial charge in [-0.1, -0.05) is 24.3 Å². The van der Waals surface area contributed by atoms with Crippen molar-refractivity contribution in [3.8, 4) is 11.1 Å². The molecule has 0 radical (unpaired) electrons. The highest BCUT2D eigenvalue weighted by Crippen LogP contribution is 2.49. The van der Waals surface area contributed by atoms with Crippen LogP contribution in [0, 0.1) is 23.6 Å². The fraction of sp³-hybridized carbons (Fsp3) is 0.423. The molecule has 2 saturated carbocycles. The van der Waals surface area contributed by atoms with Gasteiger partial charge in [-0.3, -0.25) is 4.98 Å². The number of carbonyl (C=O) groups is 2. The number of carbonyl (C=O) groups excluding carboxylic acids is 1. The number of nitrogens with one attached hydrogen (secondary N) is 1. The predicted molar refractivity (Wildman–Crippen MR) is 124 cm³/mol. The number of rotatable bonds is 5. The van der Waals surface area contributed by atoms with Crippen molar-refractivity contribution in [2.24, 2.45) is 17.8 Å². The zero-order valence-electron chi connectivity index (χ0n) is 18.8. The van der Waals surface area contributed by atoms with Crippen molar-refractivity contribution >= 4 is 18.3 Å². The number of aromatic nitrogens is 1. The molecule has 178 valence electrons. The Hall–Kier alpha value is -3.42. The van der Waals surface area contributed by atoms with Crippen LogP contribution in [0.25, 0.3) is 17.2 Å². The maximum Gasteiger partial charge on any atom is 0.410 e. The van der Waals surface area contributed by atoms with Crippen LogP contribution in [0.1, 0.15) is 31.4 Å². The summed E-state index contributed by atoms with van der Waals surface area (Å²) >= 11 is 0. The molecule has 1 unspecified atom stereocenters. The molecule has 5 atom stereocenters. The van der Waals surface area contributed by atoms with Crippen LogP contribution in [0.3, 0.4) is 0 Å². The highest BCUT2D eigenvalue weighted by atomic mass is 19.1. The van der Waals surface area contributed by atoms with Crippen LogP contribution >= 0.6 is 0 Å². The van der Waals surface area contributed by atoms with Gasteiger partial charge in [0.2, 0.25) is 0 Å². The average molecular weight is 466 g/mol. The molecule has 5 rings (SSSR count). The lowest BCUT2D eigenvalue weighted by Gasteiger charge is -2.34. The molecule has 8 heteroatoms. The van der Waals surface area contributed by atoms with Gasteiger partial charge >= 0.3 is 12.2 Å². The summed E-state index contributed by atoms with van der Waals surface area (Å²) in [6.45, 7) is 0.998. The molecule has 1 saturated heterocycles. The van der Waals surface area contributed by atoms with Gasteiger partial charge in [-0.25, -0.2) is 14.0 Å². The van der Waals surface area contributed by atoms with E-state index < -0.39 is 6.09 Å². The Kier molecular flexibility index (Phi) is 6.22. The summed E-state index contributed by atoms with van der Waals surface area (Å²) in [5, 5.41) is 11.8. The van der Waals surface area contributed by atoms with Crippen molar-refractivity contribution in [3.63, 3.8) is 0 Å². The number of cyclic esters (lactones) is 1. The van der Waals surface area contributed by atoms with Crippen LogP contribution in [-0.2, 0) is 4.74 Å². The Morgan fingerprint density at radius 2 is 2.09 bits per heavy atom. The summed E-state index contributed by atoms with van der Waals surface area (Å²) in [6, 6.07) is 10.3. The van der Waals surface area contributed by atoms with Gasteiger partial charge in [0.15, 0.2) is 0 Å². The molecule has 3 fully saturated rings. The quantitative estimate of drug-likeness (QED) is 0.662. The fourth-order valence-electron chi connectivity index (χ4n) is 5.99. The first-order valence-electron chi connectivity index (χ1n) is 11.8. The van der Waals surface area contributed by atoms with E-state index in [2.05, 4.69) is 16.4 Å². The summed E-state index contributed by atoms with van der Waals surface area (Å²) in [6.07, 6.45) is 8.01. The van der Waals surface area contributed by atoms with Gasteiger partial charge in [-0.15, -0.1) is 0 Å². The first-order valence-corrected chi connectivity index (χ1v) is 11.8. The van der Waals surface area contributed by atoms with Crippen LogP contribution in [-0.4, -0.2) is 52.4 Å². The van der Waals surface area contributed by atoms with E-state index >= 15 is 0 Å². The molecule has 0 spiro atoms.